The molecule has 0 spiro atoms. The van der Waals surface area contributed by atoms with Crippen molar-refractivity contribution in [1.82, 2.24) is 0 Å². The summed E-state index contributed by atoms with van der Waals surface area (Å²) in [6.45, 7) is 3.08. The number of aryl methyl sites for hydroxylation is 1. The molecular weight excluding hydrogens is 378 g/mol. The number of amides is 1. The molecule has 0 bridgehead atoms. The molecule has 0 saturated heterocycles. The smallest absolute Gasteiger partial charge is 0.274 e. The van der Waals surface area contributed by atoms with E-state index in [4.69, 9.17) is 0 Å². The molecule has 1 amide bonds. The third kappa shape index (κ3) is 4.26. The summed E-state index contributed by atoms with van der Waals surface area (Å²) >= 11 is 0. The zero-order valence-corrected chi connectivity index (χ0v) is 15.4. The Morgan fingerprint density at radius 3 is 2.19 bits per heavy atom. The van der Waals surface area contributed by atoms with E-state index in [1.54, 1.807) is 6.92 Å². The molecule has 0 fully saturated rings. The third-order valence-corrected chi connectivity index (χ3v) is 4.96. The van der Waals surface area contributed by atoms with Crippen molar-refractivity contribution in [3.63, 3.8) is 0 Å². The predicted octanol–water partition coefficient (Wildman–Crippen LogP) is 2.78. The van der Waals surface area contributed by atoms with Crippen LogP contribution in [-0.4, -0.2) is 30.4 Å². The van der Waals surface area contributed by atoms with Crippen LogP contribution in [0.4, 0.5) is 17.1 Å². The minimum absolute atomic E-state index is 0.182. The maximum absolute atomic E-state index is 12.6. The molecule has 0 heterocycles. The Balaban J connectivity index is 2.54. The van der Waals surface area contributed by atoms with E-state index in [0.29, 0.717) is 5.56 Å². The second-order valence-electron chi connectivity index (χ2n) is 5.86. The number of anilines is 1. The van der Waals surface area contributed by atoms with Crippen molar-refractivity contribution in [2.24, 2.45) is 0 Å². The summed E-state index contributed by atoms with van der Waals surface area (Å²) in [5.74, 6) is -0.824. The number of rotatable bonds is 5. The number of nitrogens with one attached hydrogen (secondary N) is 1. The Morgan fingerprint density at radius 2 is 1.67 bits per heavy atom. The molecule has 2 aromatic carbocycles. The fourth-order valence-electron chi connectivity index (χ4n) is 2.45. The number of sulfone groups is 1. The molecule has 2 rings (SSSR count). The minimum atomic E-state index is -3.80. The molecule has 0 aliphatic heterocycles. The molecule has 0 unspecified atom stereocenters. The van der Waals surface area contributed by atoms with Crippen LogP contribution in [0.25, 0.3) is 0 Å². The first-order valence-electron chi connectivity index (χ1n) is 7.47. The molecule has 0 aliphatic rings. The SMILES string of the molecule is Cc1ccc([N+](=O)[O-])c(C)c1NC(=O)c1cc([N+](=O)[O-])cc(S(C)(=O)=O)c1. The molecule has 1 N–H and O–H groups in total. The fraction of sp³-hybridized carbons (Fsp3) is 0.188. The highest BCUT2D eigenvalue weighted by molar-refractivity contribution is 7.90. The van der Waals surface area contributed by atoms with Gasteiger partial charge in [-0.3, -0.25) is 25.0 Å². The standard InChI is InChI=1S/C16H15N3O7S/c1-9-4-5-14(19(23)24)10(2)15(9)17-16(20)11-6-12(18(21)22)8-13(7-11)27(3,25)26/h4-8H,1-3H3,(H,17,20). The van der Waals surface area contributed by atoms with Crippen LogP contribution in [0.2, 0.25) is 0 Å². The van der Waals surface area contributed by atoms with Crippen molar-refractivity contribution in [2.75, 3.05) is 11.6 Å². The Bertz CT molecular complexity index is 1080. The zero-order chi connectivity index (χ0) is 20.5. The summed E-state index contributed by atoms with van der Waals surface area (Å²) in [7, 11) is -3.80. The molecule has 0 aromatic heterocycles. The van der Waals surface area contributed by atoms with E-state index in [0.717, 1.165) is 24.5 Å². The van der Waals surface area contributed by atoms with Crippen molar-refractivity contribution in [3.05, 3.63) is 67.3 Å². The van der Waals surface area contributed by atoms with Crippen LogP contribution in [0.1, 0.15) is 21.5 Å². The molecule has 142 valence electrons. The van der Waals surface area contributed by atoms with E-state index >= 15 is 0 Å². The van der Waals surface area contributed by atoms with E-state index in [1.807, 2.05) is 0 Å². The van der Waals surface area contributed by atoms with Crippen LogP contribution in [0.5, 0.6) is 0 Å². The molecule has 0 saturated carbocycles. The summed E-state index contributed by atoms with van der Waals surface area (Å²) in [5.41, 5.74) is -0.0822. The first kappa shape index (κ1) is 20.0. The van der Waals surface area contributed by atoms with Gasteiger partial charge in [-0.2, -0.15) is 0 Å². The fourth-order valence-corrected chi connectivity index (χ4v) is 3.12. The average molecular weight is 393 g/mol. The second kappa shape index (κ2) is 7.11. The van der Waals surface area contributed by atoms with Crippen molar-refractivity contribution in [2.45, 2.75) is 18.7 Å². The third-order valence-electron chi connectivity index (χ3n) is 3.87. The summed E-state index contributed by atoms with van der Waals surface area (Å²) in [4.78, 5) is 32.9. The Labute approximate surface area is 154 Å². The van der Waals surface area contributed by atoms with Gasteiger partial charge in [0.1, 0.15) is 0 Å². The molecule has 0 aliphatic carbocycles. The number of nitro groups is 2. The van der Waals surface area contributed by atoms with Crippen molar-refractivity contribution >= 4 is 32.8 Å². The van der Waals surface area contributed by atoms with Gasteiger partial charge in [0, 0.05) is 30.0 Å². The lowest BCUT2D eigenvalue weighted by atomic mass is 10.1. The summed E-state index contributed by atoms with van der Waals surface area (Å²) in [5, 5.41) is 24.6. The van der Waals surface area contributed by atoms with Crippen LogP contribution in [-0.2, 0) is 9.84 Å². The van der Waals surface area contributed by atoms with Gasteiger partial charge in [0.25, 0.3) is 17.3 Å². The number of nitrogens with zero attached hydrogens (tertiary/aromatic N) is 2. The lowest BCUT2D eigenvalue weighted by Crippen LogP contribution is -2.15. The van der Waals surface area contributed by atoms with Gasteiger partial charge in [-0.25, -0.2) is 8.42 Å². The number of nitro benzene ring substituents is 2. The lowest BCUT2D eigenvalue weighted by molar-refractivity contribution is -0.385. The Kier molecular flexibility index (Phi) is 5.26. The summed E-state index contributed by atoms with van der Waals surface area (Å²) in [6.07, 6.45) is 0.864. The maximum Gasteiger partial charge on any atom is 0.274 e. The van der Waals surface area contributed by atoms with Crippen molar-refractivity contribution < 1.29 is 23.1 Å². The van der Waals surface area contributed by atoms with E-state index in [1.165, 1.54) is 19.1 Å². The zero-order valence-electron chi connectivity index (χ0n) is 14.5. The van der Waals surface area contributed by atoms with E-state index in [-0.39, 0.29) is 27.4 Å². The topological polar surface area (TPSA) is 150 Å². The monoisotopic (exact) mass is 393 g/mol. The Hall–Kier alpha value is -3.34. The number of hydrogen-bond donors (Lipinski definition) is 1. The highest BCUT2D eigenvalue weighted by Gasteiger charge is 2.22. The van der Waals surface area contributed by atoms with E-state index in [2.05, 4.69) is 5.32 Å². The van der Waals surface area contributed by atoms with Gasteiger partial charge in [-0.15, -0.1) is 0 Å². The van der Waals surface area contributed by atoms with Gasteiger partial charge < -0.3 is 5.32 Å². The van der Waals surface area contributed by atoms with Gasteiger partial charge in [0.05, 0.1) is 26.0 Å². The molecule has 27 heavy (non-hydrogen) atoms. The molecule has 0 radical (unpaired) electrons. The number of carbonyl (C=O) groups excluding carboxylic acids is 1. The second-order valence-corrected chi connectivity index (χ2v) is 7.87. The number of hydrogen-bond acceptors (Lipinski definition) is 7. The van der Waals surface area contributed by atoms with Gasteiger partial charge in [-0.05, 0) is 25.5 Å². The summed E-state index contributed by atoms with van der Waals surface area (Å²) in [6, 6.07) is 5.56. The maximum atomic E-state index is 12.6. The van der Waals surface area contributed by atoms with Gasteiger partial charge in [-0.1, -0.05) is 6.07 Å². The van der Waals surface area contributed by atoms with Gasteiger partial charge in [0.15, 0.2) is 9.84 Å². The van der Waals surface area contributed by atoms with Crippen LogP contribution in [0, 0.1) is 34.1 Å². The summed E-state index contributed by atoms with van der Waals surface area (Å²) < 4.78 is 23.5. The molecule has 0 atom stereocenters. The highest BCUT2D eigenvalue weighted by atomic mass is 32.2. The quantitative estimate of drug-likeness (QED) is 0.606. The lowest BCUT2D eigenvalue weighted by Gasteiger charge is -2.12. The van der Waals surface area contributed by atoms with Crippen LogP contribution in [0.15, 0.2) is 35.2 Å². The number of carbonyl (C=O) groups is 1. The average Bonchev–Trinajstić information content (AvgIpc) is 2.56. The molecular formula is C16H15N3O7S. The van der Waals surface area contributed by atoms with Crippen molar-refractivity contribution in [3.8, 4) is 0 Å². The molecule has 11 heteroatoms. The van der Waals surface area contributed by atoms with Gasteiger partial charge >= 0.3 is 0 Å². The van der Waals surface area contributed by atoms with Gasteiger partial charge in [0.2, 0.25) is 0 Å². The first-order valence-corrected chi connectivity index (χ1v) is 9.36. The molecule has 2 aromatic rings. The Morgan fingerprint density at radius 1 is 1.04 bits per heavy atom. The van der Waals surface area contributed by atoms with Crippen LogP contribution >= 0.6 is 0 Å². The van der Waals surface area contributed by atoms with Crippen molar-refractivity contribution in [1.29, 1.82) is 0 Å². The van der Waals surface area contributed by atoms with Crippen LogP contribution in [0.3, 0.4) is 0 Å². The van der Waals surface area contributed by atoms with Crippen LogP contribution < -0.4 is 5.32 Å². The minimum Gasteiger partial charge on any atom is -0.321 e. The predicted molar refractivity (Wildman–Crippen MR) is 96.7 cm³/mol. The largest absolute Gasteiger partial charge is 0.321 e. The normalized spacial score (nSPS) is 11.1. The van der Waals surface area contributed by atoms with E-state index < -0.39 is 31.3 Å². The molecule has 10 nitrogen and oxygen atoms in total. The first-order chi connectivity index (χ1) is 12.4. The number of non-ortho nitro benzene ring substituents is 1. The highest BCUT2D eigenvalue weighted by Crippen LogP contribution is 2.30. The number of benzene rings is 2. The van der Waals surface area contributed by atoms with E-state index in [9.17, 15) is 33.4 Å².